The Bertz CT molecular complexity index is 825. The minimum absolute atomic E-state index is 0.256. The third kappa shape index (κ3) is 3.57. The Labute approximate surface area is 137 Å². The molecule has 2 aromatic heterocycles. The van der Waals surface area contributed by atoms with Crippen LogP contribution in [0.25, 0.3) is 0 Å². The monoisotopic (exact) mass is 330 g/mol. The number of halogens is 1. The second-order valence-corrected chi connectivity index (χ2v) is 5.44. The van der Waals surface area contributed by atoms with Gasteiger partial charge in [0.1, 0.15) is 5.82 Å². The summed E-state index contributed by atoms with van der Waals surface area (Å²) >= 11 is 6.12. The predicted octanol–water partition coefficient (Wildman–Crippen LogP) is 1.64. The van der Waals surface area contributed by atoms with Crippen molar-refractivity contribution in [1.82, 2.24) is 29.9 Å². The fourth-order valence-corrected chi connectivity index (χ4v) is 2.29. The molecule has 0 radical (unpaired) electrons. The third-order valence-electron chi connectivity index (χ3n) is 3.39. The number of aromatic nitrogens is 5. The molecule has 1 aromatic carbocycles. The van der Waals surface area contributed by atoms with E-state index in [0.29, 0.717) is 18.1 Å². The lowest BCUT2D eigenvalue weighted by Crippen LogP contribution is -2.24. The molecule has 8 heteroatoms. The molecule has 118 valence electrons. The molecule has 1 N–H and O–H groups in total. The molecule has 0 aliphatic carbocycles. The van der Waals surface area contributed by atoms with Crippen molar-refractivity contribution in [3.63, 3.8) is 0 Å². The van der Waals surface area contributed by atoms with Crippen LogP contribution in [0.3, 0.4) is 0 Å². The Kier molecular flexibility index (Phi) is 4.38. The van der Waals surface area contributed by atoms with Gasteiger partial charge in [0.15, 0.2) is 5.69 Å². The number of hydrogen-bond acceptors (Lipinski definition) is 4. The second kappa shape index (κ2) is 6.62. The average molecular weight is 331 g/mol. The summed E-state index contributed by atoms with van der Waals surface area (Å²) in [7, 11) is 1.87. The zero-order valence-corrected chi connectivity index (χ0v) is 13.2. The molecule has 0 aliphatic rings. The SMILES string of the molecule is Cn1ccnc1CNC(=O)c1cn(Cc2ccccc2Cl)nn1. The van der Waals surface area contributed by atoms with Gasteiger partial charge in [0, 0.05) is 24.5 Å². The number of carbonyl (C=O) groups excluding carboxylic acids is 1. The van der Waals surface area contributed by atoms with Crippen LogP contribution in [0, 0.1) is 0 Å². The maximum Gasteiger partial charge on any atom is 0.273 e. The van der Waals surface area contributed by atoms with E-state index >= 15 is 0 Å². The highest BCUT2D eigenvalue weighted by Crippen LogP contribution is 2.15. The van der Waals surface area contributed by atoms with Crippen LogP contribution >= 0.6 is 11.6 Å². The quantitative estimate of drug-likeness (QED) is 0.771. The molecule has 3 rings (SSSR count). The first-order chi connectivity index (χ1) is 11.1. The minimum atomic E-state index is -0.293. The number of aryl methyl sites for hydroxylation is 1. The van der Waals surface area contributed by atoms with E-state index < -0.39 is 0 Å². The Morgan fingerprint density at radius 2 is 2.17 bits per heavy atom. The van der Waals surface area contributed by atoms with Crippen molar-refractivity contribution in [3.8, 4) is 0 Å². The van der Waals surface area contributed by atoms with Crippen LogP contribution in [0.4, 0.5) is 0 Å². The first-order valence-corrected chi connectivity index (χ1v) is 7.39. The molecular formula is C15H15ClN6O. The fourth-order valence-electron chi connectivity index (χ4n) is 2.10. The van der Waals surface area contributed by atoms with Gasteiger partial charge in [-0.2, -0.15) is 0 Å². The van der Waals surface area contributed by atoms with E-state index in [9.17, 15) is 4.79 Å². The van der Waals surface area contributed by atoms with Crippen molar-refractivity contribution in [3.05, 3.63) is 65.0 Å². The van der Waals surface area contributed by atoms with Crippen LogP contribution in [-0.2, 0) is 20.1 Å². The summed E-state index contributed by atoms with van der Waals surface area (Å²) in [6.07, 6.45) is 5.10. The number of nitrogens with one attached hydrogen (secondary N) is 1. The molecule has 7 nitrogen and oxygen atoms in total. The molecule has 0 atom stereocenters. The first-order valence-electron chi connectivity index (χ1n) is 7.01. The van der Waals surface area contributed by atoms with Gasteiger partial charge in [-0.15, -0.1) is 5.10 Å². The average Bonchev–Trinajstić information content (AvgIpc) is 3.16. The van der Waals surface area contributed by atoms with Gasteiger partial charge < -0.3 is 9.88 Å². The number of rotatable bonds is 5. The molecule has 2 heterocycles. The van der Waals surface area contributed by atoms with E-state index in [4.69, 9.17) is 11.6 Å². The van der Waals surface area contributed by atoms with Crippen LogP contribution in [0.2, 0.25) is 5.02 Å². The van der Waals surface area contributed by atoms with E-state index in [1.54, 1.807) is 17.1 Å². The lowest BCUT2D eigenvalue weighted by Gasteiger charge is -2.03. The van der Waals surface area contributed by atoms with Gasteiger partial charge in [-0.25, -0.2) is 9.67 Å². The molecular weight excluding hydrogens is 316 g/mol. The van der Waals surface area contributed by atoms with Crippen LogP contribution < -0.4 is 5.32 Å². The van der Waals surface area contributed by atoms with Gasteiger partial charge >= 0.3 is 0 Å². The van der Waals surface area contributed by atoms with Crippen LogP contribution in [0.15, 0.2) is 42.9 Å². The predicted molar refractivity (Wildman–Crippen MR) is 85.0 cm³/mol. The summed E-state index contributed by atoms with van der Waals surface area (Å²) in [6.45, 7) is 0.791. The largest absolute Gasteiger partial charge is 0.343 e. The van der Waals surface area contributed by atoms with Gasteiger partial charge in [0.25, 0.3) is 5.91 Å². The maximum absolute atomic E-state index is 12.1. The van der Waals surface area contributed by atoms with Crippen molar-refractivity contribution in [2.45, 2.75) is 13.1 Å². The maximum atomic E-state index is 12.1. The zero-order chi connectivity index (χ0) is 16.2. The number of hydrogen-bond donors (Lipinski definition) is 1. The summed E-state index contributed by atoms with van der Waals surface area (Å²) in [5.74, 6) is 0.472. The second-order valence-electron chi connectivity index (χ2n) is 5.03. The Morgan fingerprint density at radius 3 is 2.91 bits per heavy atom. The van der Waals surface area contributed by atoms with Crippen molar-refractivity contribution >= 4 is 17.5 Å². The third-order valence-corrected chi connectivity index (χ3v) is 3.76. The van der Waals surface area contributed by atoms with E-state index in [-0.39, 0.29) is 11.6 Å². The standard InChI is InChI=1S/C15H15ClN6O/c1-21-7-6-17-14(21)8-18-15(23)13-10-22(20-19-13)9-11-4-2-3-5-12(11)16/h2-7,10H,8-9H2,1H3,(H,18,23). The van der Waals surface area contributed by atoms with Crippen molar-refractivity contribution in [2.75, 3.05) is 0 Å². The Hall–Kier alpha value is -2.67. The van der Waals surface area contributed by atoms with E-state index in [1.165, 1.54) is 0 Å². The lowest BCUT2D eigenvalue weighted by atomic mass is 10.2. The lowest BCUT2D eigenvalue weighted by molar-refractivity contribution is 0.0944. The van der Waals surface area contributed by atoms with Crippen LogP contribution in [0.1, 0.15) is 21.9 Å². The van der Waals surface area contributed by atoms with Crippen molar-refractivity contribution in [1.29, 1.82) is 0 Å². The molecule has 3 aromatic rings. The van der Waals surface area contributed by atoms with Gasteiger partial charge in [-0.1, -0.05) is 35.0 Å². The first kappa shape index (κ1) is 15.2. The van der Waals surface area contributed by atoms with E-state index in [1.807, 2.05) is 42.1 Å². The van der Waals surface area contributed by atoms with Gasteiger partial charge in [0.05, 0.1) is 19.3 Å². The van der Waals surface area contributed by atoms with Gasteiger partial charge in [0.2, 0.25) is 0 Å². The minimum Gasteiger partial charge on any atom is -0.343 e. The number of nitrogens with zero attached hydrogens (tertiary/aromatic N) is 5. The Balaban J connectivity index is 1.63. The van der Waals surface area contributed by atoms with Crippen molar-refractivity contribution in [2.24, 2.45) is 7.05 Å². The highest BCUT2D eigenvalue weighted by Gasteiger charge is 2.12. The molecule has 0 saturated carbocycles. The highest BCUT2D eigenvalue weighted by atomic mass is 35.5. The number of imidazole rings is 1. The fraction of sp³-hybridized carbons (Fsp3) is 0.200. The number of benzene rings is 1. The van der Waals surface area contributed by atoms with Crippen LogP contribution in [-0.4, -0.2) is 30.5 Å². The molecule has 23 heavy (non-hydrogen) atoms. The summed E-state index contributed by atoms with van der Waals surface area (Å²) in [5.41, 5.74) is 1.17. The summed E-state index contributed by atoms with van der Waals surface area (Å²) in [6, 6.07) is 7.49. The van der Waals surface area contributed by atoms with Crippen LogP contribution in [0.5, 0.6) is 0 Å². The topological polar surface area (TPSA) is 77.6 Å². The van der Waals surface area contributed by atoms with E-state index in [0.717, 1.165) is 11.4 Å². The smallest absolute Gasteiger partial charge is 0.273 e. The highest BCUT2D eigenvalue weighted by molar-refractivity contribution is 6.31. The van der Waals surface area contributed by atoms with Gasteiger partial charge in [-0.3, -0.25) is 4.79 Å². The van der Waals surface area contributed by atoms with E-state index in [2.05, 4.69) is 20.6 Å². The van der Waals surface area contributed by atoms with Gasteiger partial charge in [-0.05, 0) is 11.6 Å². The molecule has 0 aliphatic heterocycles. The molecule has 0 saturated heterocycles. The summed E-state index contributed by atoms with van der Waals surface area (Å²) in [5, 5.41) is 11.3. The normalized spacial score (nSPS) is 10.7. The Morgan fingerprint density at radius 1 is 1.35 bits per heavy atom. The summed E-state index contributed by atoms with van der Waals surface area (Å²) in [4.78, 5) is 16.2. The molecule has 1 amide bonds. The molecule has 0 unspecified atom stereocenters. The zero-order valence-electron chi connectivity index (χ0n) is 12.5. The number of carbonyl (C=O) groups is 1. The molecule has 0 spiro atoms. The molecule has 0 bridgehead atoms. The molecule has 0 fully saturated rings. The number of amides is 1. The van der Waals surface area contributed by atoms with Crippen molar-refractivity contribution < 1.29 is 4.79 Å². The summed E-state index contributed by atoms with van der Waals surface area (Å²) < 4.78 is 3.42.